The Kier molecular flexibility index (Phi) is 5.05. The molecule has 1 saturated carbocycles. The highest BCUT2D eigenvalue weighted by atomic mass is 16.6. The van der Waals surface area contributed by atoms with E-state index >= 15 is 0 Å². The first-order chi connectivity index (χ1) is 8.97. The Labute approximate surface area is 110 Å². The van der Waals surface area contributed by atoms with Gasteiger partial charge in [0.15, 0.2) is 0 Å². The van der Waals surface area contributed by atoms with Crippen LogP contribution in [0.1, 0.15) is 6.42 Å². The van der Waals surface area contributed by atoms with Gasteiger partial charge in [0, 0.05) is 5.92 Å². The molecule has 0 heterocycles. The van der Waals surface area contributed by atoms with Crippen molar-refractivity contribution in [2.24, 2.45) is 11.8 Å². The maximum absolute atomic E-state index is 11.5. The third kappa shape index (κ3) is 3.31. The highest BCUT2D eigenvalue weighted by molar-refractivity contribution is 6.29. The number of carbonyl (C=O) groups excluding carboxylic acids is 3. The molecule has 4 atom stereocenters. The van der Waals surface area contributed by atoms with E-state index < -0.39 is 42.0 Å². The zero-order chi connectivity index (χ0) is 14.6. The molecule has 0 amide bonds. The molecule has 19 heavy (non-hydrogen) atoms. The molecule has 0 aromatic carbocycles. The van der Waals surface area contributed by atoms with Crippen LogP contribution >= 0.6 is 0 Å². The summed E-state index contributed by atoms with van der Waals surface area (Å²) in [5.41, 5.74) is 0. The van der Waals surface area contributed by atoms with Gasteiger partial charge in [0.2, 0.25) is 0 Å². The number of aliphatic hydroxyl groups is 1. The summed E-state index contributed by atoms with van der Waals surface area (Å²) in [7, 11) is 2.23. The average molecular weight is 272 g/mol. The molecule has 1 aliphatic rings. The first kappa shape index (κ1) is 15.2. The lowest BCUT2D eigenvalue weighted by molar-refractivity contribution is -0.167. The molecule has 1 fully saturated rings. The van der Waals surface area contributed by atoms with Crippen LogP contribution in [0.2, 0.25) is 0 Å². The van der Waals surface area contributed by atoms with Crippen LogP contribution in [-0.4, -0.2) is 49.4 Å². The first-order valence-corrected chi connectivity index (χ1v) is 5.63. The van der Waals surface area contributed by atoms with Crippen molar-refractivity contribution in [1.82, 2.24) is 0 Å². The number of esters is 3. The smallest absolute Gasteiger partial charge is 0.417 e. The highest BCUT2D eigenvalue weighted by Crippen LogP contribution is 2.46. The Balaban J connectivity index is 2.69. The molecule has 1 N–H and O–H groups in total. The molecule has 0 radical (unpaired) electrons. The molecule has 0 aliphatic heterocycles. The number of rotatable bonds is 5. The van der Waals surface area contributed by atoms with E-state index in [2.05, 4.69) is 16.1 Å². The summed E-state index contributed by atoms with van der Waals surface area (Å²) in [6, 6.07) is 0. The van der Waals surface area contributed by atoms with Crippen LogP contribution < -0.4 is 0 Å². The van der Waals surface area contributed by atoms with Crippen molar-refractivity contribution in [3.8, 4) is 0 Å². The minimum atomic E-state index is -1.20. The third-order valence-corrected chi connectivity index (χ3v) is 2.93. The van der Waals surface area contributed by atoms with E-state index in [4.69, 9.17) is 4.74 Å². The van der Waals surface area contributed by atoms with Gasteiger partial charge >= 0.3 is 17.9 Å². The van der Waals surface area contributed by atoms with Gasteiger partial charge in [0.05, 0.1) is 20.3 Å². The standard InChI is InChI=1S/C12H16O7/c1-4-5-6(13)7-8(10(14)17-2)9(7)19-12(16)11(15)18-3/h4,6-9,13H,1,5H2,2-3H3/t6-,7-,8-,9-/m1/s1. The van der Waals surface area contributed by atoms with E-state index in [0.29, 0.717) is 0 Å². The second-order valence-electron chi connectivity index (χ2n) is 4.08. The number of methoxy groups -OCH3 is 2. The molecule has 0 unspecified atom stereocenters. The molecule has 106 valence electrons. The topological polar surface area (TPSA) is 99.1 Å². The number of hydrogen-bond donors (Lipinski definition) is 1. The van der Waals surface area contributed by atoms with Crippen LogP contribution in [0.15, 0.2) is 12.7 Å². The van der Waals surface area contributed by atoms with E-state index in [0.717, 1.165) is 7.11 Å². The summed E-state index contributed by atoms with van der Waals surface area (Å²) < 4.78 is 13.6. The van der Waals surface area contributed by atoms with E-state index in [1.807, 2.05) is 0 Å². The van der Waals surface area contributed by atoms with Crippen molar-refractivity contribution in [1.29, 1.82) is 0 Å². The fraction of sp³-hybridized carbons (Fsp3) is 0.583. The van der Waals surface area contributed by atoms with Crippen LogP contribution in [-0.2, 0) is 28.6 Å². The Morgan fingerprint density at radius 3 is 2.37 bits per heavy atom. The zero-order valence-electron chi connectivity index (χ0n) is 10.7. The summed E-state index contributed by atoms with van der Waals surface area (Å²) in [4.78, 5) is 33.6. The molecule has 7 nitrogen and oxygen atoms in total. The van der Waals surface area contributed by atoms with Gasteiger partial charge in [0.25, 0.3) is 0 Å². The normalized spacial score (nSPS) is 25.9. The van der Waals surface area contributed by atoms with Crippen molar-refractivity contribution >= 4 is 17.9 Å². The maximum Gasteiger partial charge on any atom is 0.417 e. The lowest BCUT2D eigenvalue weighted by Gasteiger charge is -2.06. The van der Waals surface area contributed by atoms with Gasteiger partial charge in [-0.25, -0.2) is 9.59 Å². The monoisotopic (exact) mass is 272 g/mol. The lowest BCUT2D eigenvalue weighted by atomic mass is 10.1. The summed E-state index contributed by atoms with van der Waals surface area (Å²) in [5.74, 6) is -4.33. The lowest BCUT2D eigenvalue weighted by Crippen LogP contribution is -2.22. The molecular weight excluding hydrogens is 256 g/mol. The van der Waals surface area contributed by atoms with Crippen molar-refractivity contribution in [2.45, 2.75) is 18.6 Å². The Morgan fingerprint density at radius 2 is 1.89 bits per heavy atom. The summed E-state index contributed by atoms with van der Waals surface area (Å²) >= 11 is 0. The molecule has 0 bridgehead atoms. The van der Waals surface area contributed by atoms with Crippen LogP contribution in [0.5, 0.6) is 0 Å². The molecule has 0 spiro atoms. The van der Waals surface area contributed by atoms with Gasteiger partial charge in [-0.2, -0.15) is 0 Å². The highest BCUT2D eigenvalue weighted by Gasteiger charge is 2.62. The minimum Gasteiger partial charge on any atom is -0.469 e. The largest absolute Gasteiger partial charge is 0.469 e. The van der Waals surface area contributed by atoms with Crippen molar-refractivity contribution in [2.75, 3.05) is 14.2 Å². The third-order valence-electron chi connectivity index (χ3n) is 2.93. The maximum atomic E-state index is 11.5. The van der Waals surface area contributed by atoms with Gasteiger partial charge in [-0.05, 0) is 6.42 Å². The summed E-state index contributed by atoms with van der Waals surface area (Å²) in [6.07, 6.45) is -0.0490. The zero-order valence-corrected chi connectivity index (χ0v) is 10.7. The fourth-order valence-corrected chi connectivity index (χ4v) is 1.93. The van der Waals surface area contributed by atoms with Crippen molar-refractivity contribution in [3.05, 3.63) is 12.7 Å². The second kappa shape index (κ2) is 6.33. The fourth-order valence-electron chi connectivity index (χ4n) is 1.93. The van der Waals surface area contributed by atoms with E-state index in [1.165, 1.54) is 13.2 Å². The quantitative estimate of drug-likeness (QED) is 0.309. The Hall–Kier alpha value is -1.89. The SMILES string of the molecule is C=CC[C@@H](O)[C@H]1[C@@H](OC(=O)C(=O)OC)[C@@H]1C(=O)OC. The van der Waals surface area contributed by atoms with E-state index in [1.54, 1.807) is 0 Å². The molecule has 0 aromatic rings. The molecule has 1 rings (SSSR count). The van der Waals surface area contributed by atoms with E-state index in [-0.39, 0.29) is 6.42 Å². The summed E-state index contributed by atoms with van der Waals surface area (Å²) in [5, 5.41) is 9.80. The number of aliphatic hydroxyl groups excluding tert-OH is 1. The van der Waals surface area contributed by atoms with Gasteiger partial charge in [-0.1, -0.05) is 6.08 Å². The molecular formula is C12H16O7. The molecule has 0 aromatic heterocycles. The van der Waals surface area contributed by atoms with Gasteiger partial charge < -0.3 is 19.3 Å². The molecule has 7 heteroatoms. The predicted octanol–water partition coefficient (Wildman–Crippen LogP) is -0.573. The minimum absolute atomic E-state index is 0.241. The number of carbonyl (C=O) groups is 3. The second-order valence-corrected chi connectivity index (χ2v) is 4.08. The Morgan fingerprint density at radius 1 is 1.26 bits per heavy atom. The number of hydrogen-bond acceptors (Lipinski definition) is 7. The average Bonchev–Trinajstić information content (AvgIpc) is 3.10. The van der Waals surface area contributed by atoms with E-state index in [9.17, 15) is 19.5 Å². The number of ether oxygens (including phenoxy) is 3. The molecule has 0 saturated heterocycles. The van der Waals surface area contributed by atoms with Crippen molar-refractivity contribution < 1.29 is 33.7 Å². The van der Waals surface area contributed by atoms with Crippen LogP contribution in [0.25, 0.3) is 0 Å². The van der Waals surface area contributed by atoms with Crippen LogP contribution in [0.4, 0.5) is 0 Å². The first-order valence-electron chi connectivity index (χ1n) is 5.63. The van der Waals surface area contributed by atoms with Crippen LogP contribution in [0, 0.1) is 11.8 Å². The predicted molar refractivity (Wildman–Crippen MR) is 61.7 cm³/mol. The van der Waals surface area contributed by atoms with Gasteiger partial charge in [-0.15, -0.1) is 6.58 Å². The van der Waals surface area contributed by atoms with Gasteiger partial charge in [0.1, 0.15) is 12.0 Å². The summed E-state index contributed by atoms with van der Waals surface area (Å²) in [6.45, 7) is 3.47. The molecule has 1 aliphatic carbocycles. The van der Waals surface area contributed by atoms with Gasteiger partial charge in [-0.3, -0.25) is 4.79 Å². The Bertz CT molecular complexity index is 390. The van der Waals surface area contributed by atoms with Crippen LogP contribution in [0.3, 0.4) is 0 Å². The van der Waals surface area contributed by atoms with Crippen molar-refractivity contribution in [3.63, 3.8) is 0 Å².